The smallest absolute Gasteiger partial charge is 0.161 e. The molecule has 0 heterocycles. The van der Waals surface area contributed by atoms with Gasteiger partial charge in [-0.3, -0.25) is 0 Å². The van der Waals surface area contributed by atoms with E-state index < -0.39 is 0 Å². The molecule has 106 valence electrons. The Bertz CT molecular complexity index is 597. The average molecular weight is 312 g/mol. The van der Waals surface area contributed by atoms with Gasteiger partial charge in [0.1, 0.15) is 0 Å². The van der Waals surface area contributed by atoms with Gasteiger partial charge in [-0.25, -0.2) is 0 Å². The third kappa shape index (κ3) is 3.18. The monoisotopic (exact) mass is 311 g/mol. The van der Waals surface area contributed by atoms with E-state index in [1.54, 1.807) is 32.4 Å². The van der Waals surface area contributed by atoms with E-state index in [2.05, 4.69) is 0 Å². The summed E-state index contributed by atoms with van der Waals surface area (Å²) in [6.07, 6.45) is 0. The maximum Gasteiger partial charge on any atom is 0.161 e. The molecule has 3 nitrogen and oxygen atoms in total. The van der Waals surface area contributed by atoms with Crippen molar-refractivity contribution in [2.45, 2.75) is 6.04 Å². The summed E-state index contributed by atoms with van der Waals surface area (Å²) in [7, 11) is 3.18. The zero-order chi connectivity index (χ0) is 14.7. The van der Waals surface area contributed by atoms with Crippen molar-refractivity contribution >= 4 is 23.2 Å². The molecule has 1 atom stereocenters. The summed E-state index contributed by atoms with van der Waals surface area (Å²) >= 11 is 12.0. The van der Waals surface area contributed by atoms with Crippen LogP contribution in [0.25, 0.3) is 0 Å². The summed E-state index contributed by atoms with van der Waals surface area (Å²) < 4.78 is 10.5. The molecule has 0 aliphatic heterocycles. The minimum atomic E-state index is -0.342. The Morgan fingerprint density at radius 1 is 0.850 bits per heavy atom. The van der Waals surface area contributed by atoms with Crippen LogP contribution in [-0.4, -0.2) is 14.2 Å². The predicted octanol–water partition coefficient (Wildman–Crippen LogP) is 4.06. The number of hydrogen-bond acceptors (Lipinski definition) is 3. The summed E-state index contributed by atoms with van der Waals surface area (Å²) in [5.41, 5.74) is 7.99. The number of halogens is 2. The molecule has 5 heteroatoms. The van der Waals surface area contributed by atoms with Gasteiger partial charge in [-0.2, -0.15) is 0 Å². The van der Waals surface area contributed by atoms with Crippen LogP contribution in [0.1, 0.15) is 17.2 Å². The highest BCUT2D eigenvalue weighted by Crippen LogP contribution is 2.32. The van der Waals surface area contributed by atoms with Crippen LogP contribution in [0.4, 0.5) is 0 Å². The number of benzene rings is 2. The molecule has 1 unspecified atom stereocenters. The topological polar surface area (TPSA) is 44.5 Å². The highest BCUT2D eigenvalue weighted by atomic mass is 35.5. The zero-order valence-electron chi connectivity index (χ0n) is 11.2. The maximum atomic E-state index is 6.26. The van der Waals surface area contributed by atoms with Crippen LogP contribution >= 0.6 is 23.2 Å². The van der Waals surface area contributed by atoms with E-state index in [0.29, 0.717) is 21.5 Å². The molecule has 0 spiro atoms. The fourth-order valence-electron chi connectivity index (χ4n) is 1.99. The lowest BCUT2D eigenvalue weighted by Crippen LogP contribution is -2.12. The number of methoxy groups -OCH3 is 2. The van der Waals surface area contributed by atoms with Crippen molar-refractivity contribution in [3.8, 4) is 11.5 Å². The van der Waals surface area contributed by atoms with Gasteiger partial charge in [-0.1, -0.05) is 29.3 Å². The summed E-state index contributed by atoms with van der Waals surface area (Å²) in [6, 6.07) is 10.5. The van der Waals surface area contributed by atoms with Gasteiger partial charge < -0.3 is 15.2 Å². The first-order chi connectivity index (χ1) is 9.55. The first-order valence-electron chi connectivity index (χ1n) is 5.98. The molecular weight excluding hydrogens is 297 g/mol. The lowest BCUT2D eigenvalue weighted by atomic mass is 9.99. The lowest BCUT2D eigenvalue weighted by molar-refractivity contribution is 0.354. The molecule has 0 aromatic heterocycles. The Kier molecular flexibility index (Phi) is 4.76. The van der Waals surface area contributed by atoms with E-state index in [1.807, 2.05) is 18.2 Å². The Balaban J connectivity index is 2.39. The molecule has 0 saturated heterocycles. The summed E-state index contributed by atoms with van der Waals surface area (Å²) in [5.74, 6) is 1.29. The molecule has 20 heavy (non-hydrogen) atoms. The van der Waals surface area contributed by atoms with E-state index in [9.17, 15) is 0 Å². The van der Waals surface area contributed by atoms with Crippen LogP contribution in [0.2, 0.25) is 10.0 Å². The molecule has 0 saturated carbocycles. The van der Waals surface area contributed by atoms with Crippen molar-refractivity contribution in [3.63, 3.8) is 0 Å². The van der Waals surface area contributed by atoms with Crippen LogP contribution in [0.3, 0.4) is 0 Å². The van der Waals surface area contributed by atoms with E-state index in [1.165, 1.54) is 0 Å². The zero-order valence-corrected chi connectivity index (χ0v) is 12.7. The van der Waals surface area contributed by atoms with E-state index in [0.717, 1.165) is 11.1 Å². The molecule has 2 rings (SSSR count). The Labute approximate surface area is 128 Å². The molecule has 0 bridgehead atoms. The lowest BCUT2D eigenvalue weighted by Gasteiger charge is -2.16. The third-order valence-corrected chi connectivity index (χ3v) is 3.45. The molecule has 0 fully saturated rings. The highest BCUT2D eigenvalue weighted by molar-refractivity contribution is 6.34. The first-order valence-corrected chi connectivity index (χ1v) is 6.74. The standard InChI is InChI=1S/C15H15Cl2NO2/c1-19-13-4-3-9(7-14(13)20-2)15(18)10-5-11(16)8-12(17)6-10/h3-8,15H,18H2,1-2H3. The quantitative estimate of drug-likeness (QED) is 0.926. The van der Waals surface area contributed by atoms with Crippen LogP contribution in [0.15, 0.2) is 36.4 Å². The fourth-order valence-corrected chi connectivity index (χ4v) is 2.54. The van der Waals surface area contributed by atoms with Gasteiger partial charge in [0.05, 0.1) is 20.3 Å². The number of ether oxygens (including phenoxy) is 2. The summed E-state index contributed by atoms with van der Waals surface area (Å²) in [5, 5.41) is 1.12. The number of hydrogen-bond donors (Lipinski definition) is 1. The van der Waals surface area contributed by atoms with Crippen LogP contribution < -0.4 is 15.2 Å². The van der Waals surface area contributed by atoms with Crippen molar-refractivity contribution in [2.24, 2.45) is 5.73 Å². The third-order valence-electron chi connectivity index (χ3n) is 3.01. The second-order valence-electron chi connectivity index (χ2n) is 4.29. The number of nitrogens with two attached hydrogens (primary N) is 1. The van der Waals surface area contributed by atoms with Crippen molar-refractivity contribution in [3.05, 3.63) is 57.6 Å². The van der Waals surface area contributed by atoms with E-state index in [4.69, 9.17) is 38.4 Å². The van der Waals surface area contributed by atoms with Crippen LogP contribution in [0, 0.1) is 0 Å². The Morgan fingerprint density at radius 2 is 1.45 bits per heavy atom. The van der Waals surface area contributed by atoms with Crippen molar-refractivity contribution in [2.75, 3.05) is 14.2 Å². The van der Waals surface area contributed by atoms with Gasteiger partial charge in [0.25, 0.3) is 0 Å². The van der Waals surface area contributed by atoms with Crippen molar-refractivity contribution in [1.29, 1.82) is 0 Å². The van der Waals surface area contributed by atoms with E-state index in [-0.39, 0.29) is 6.04 Å². The molecule has 0 radical (unpaired) electrons. The molecule has 2 N–H and O–H groups in total. The van der Waals surface area contributed by atoms with Gasteiger partial charge in [0.2, 0.25) is 0 Å². The van der Waals surface area contributed by atoms with Crippen LogP contribution in [0.5, 0.6) is 11.5 Å². The van der Waals surface area contributed by atoms with Gasteiger partial charge >= 0.3 is 0 Å². The number of rotatable bonds is 4. The predicted molar refractivity (Wildman–Crippen MR) is 82.0 cm³/mol. The highest BCUT2D eigenvalue weighted by Gasteiger charge is 2.13. The molecule has 0 amide bonds. The molecule has 2 aromatic carbocycles. The molecule has 2 aromatic rings. The second-order valence-corrected chi connectivity index (χ2v) is 5.17. The Morgan fingerprint density at radius 3 is 2.00 bits per heavy atom. The van der Waals surface area contributed by atoms with Gasteiger partial charge in [0, 0.05) is 10.0 Å². The SMILES string of the molecule is COc1ccc(C(N)c2cc(Cl)cc(Cl)c2)cc1OC. The van der Waals surface area contributed by atoms with Crippen molar-refractivity contribution < 1.29 is 9.47 Å². The largest absolute Gasteiger partial charge is 0.493 e. The molecule has 0 aliphatic rings. The summed E-state index contributed by atoms with van der Waals surface area (Å²) in [4.78, 5) is 0. The first kappa shape index (κ1) is 15.0. The average Bonchev–Trinajstić information content (AvgIpc) is 2.44. The normalized spacial score (nSPS) is 12.1. The Hall–Kier alpha value is -1.42. The summed E-state index contributed by atoms with van der Waals surface area (Å²) in [6.45, 7) is 0. The maximum absolute atomic E-state index is 6.26. The van der Waals surface area contributed by atoms with Gasteiger partial charge in [0.15, 0.2) is 11.5 Å². The van der Waals surface area contributed by atoms with E-state index >= 15 is 0 Å². The van der Waals surface area contributed by atoms with Gasteiger partial charge in [-0.15, -0.1) is 0 Å². The van der Waals surface area contributed by atoms with Gasteiger partial charge in [-0.05, 0) is 41.5 Å². The minimum Gasteiger partial charge on any atom is -0.493 e. The molecular formula is C15H15Cl2NO2. The minimum absolute atomic E-state index is 0.342. The molecule has 0 aliphatic carbocycles. The second kappa shape index (κ2) is 6.35. The van der Waals surface area contributed by atoms with Crippen molar-refractivity contribution in [1.82, 2.24) is 0 Å². The van der Waals surface area contributed by atoms with Crippen LogP contribution in [-0.2, 0) is 0 Å². The fraction of sp³-hybridized carbons (Fsp3) is 0.200.